The van der Waals surface area contributed by atoms with E-state index in [1.165, 1.54) is 48.5 Å². The Morgan fingerprint density at radius 3 is 2.82 bits per heavy atom. The monoisotopic (exact) mass is 548 g/mol. The first-order valence-corrected chi connectivity index (χ1v) is 11.8. The molecular weight excluding hydrogens is 526 g/mol. The molecule has 4 rings (SSSR count). The van der Waals surface area contributed by atoms with E-state index in [2.05, 4.69) is 10.4 Å². The average Bonchev–Trinajstić information content (AvgIpc) is 3.30. The summed E-state index contributed by atoms with van der Waals surface area (Å²) in [5.74, 6) is -1.42. The number of anilines is 1. The third-order valence-corrected chi connectivity index (χ3v) is 6.18. The average molecular weight is 549 g/mol. The maximum atomic E-state index is 13.9. The van der Waals surface area contributed by atoms with Crippen LogP contribution >= 0.6 is 11.6 Å². The molecule has 2 aromatic carbocycles. The first kappa shape index (κ1) is 27.2. The minimum atomic E-state index is -0.842. The summed E-state index contributed by atoms with van der Waals surface area (Å²) in [6, 6.07) is 9.11. The van der Waals surface area contributed by atoms with Crippen molar-refractivity contribution in [1.82, 2.24) is 15.4 Å². The normalized spacial score (nSPS) is 15.6. The van der Waals surface area contributed by atoms with Crippen LogP contribution in [0.25, 0.3) is 10.8 Å². The first-order valence-electron chi connectivity index (χ1n) is 11.5. The smallest absolute Gasteiger partial charge is 0.430 e. The zero-order valence-electron chi connectivity index (χ0n) is 20.1. The summed E-state index contributed by atoms with van der Waals surface area (Å²) in [5.41, 5.74) is 3.31. The van der Waals surface area contributed by atoms with Gasteiger partial charge in [-0.05, 0) is 41.3 Å². The Labute approximate surface area is 220 Å². The highest BCUT2D eigenvalue weighted by atomic mass is 35.5. The molecule has 0 radical (unpaired) electrons. The van der Waals surface area contributed by atoms with Crippen LogP contribution in [0.15, 0.2) is 48.7 Å². The van der Waals surface area contributed by atoms with Crippen molar-refractivity contribution >= 4 is 46.7 Å². The lowest BCUT2D eigenvalue weighted by Gasteiger charge is -2.33. The number of nitrogens with one attached hydrogen (secondary N) is 1. The molecule has 1 fully saturated rings. The van der Waals surface area contributed by atoms with Gasteiger partial charge in [0.15, 0.2) is 5.82 Å². The number of rotatable bonds is 11. The molecule has 2 amide bonds. The summed E-state index contributed by atoms with van der Waals surface area (Å²) in [7, 11) is 0. The molecule has 0 aliphatic carbocycles. The molecule has 2 heterocycles. The second kappa shape index (κ2) is 12.1. The van der Waals surface area contributed by atoms with Crippen molar-refractivity contribution in [2.75, 3.05) is 18.3 Å². The number of hydroxylamine groups is 1. The fourth-order valence-electron chi connectivity index (χ4n) is 3.92. The molecule has 13 heteroatoms. The third kappa shape index (κ3) is 6.52. The zero-order chi connectivity index (χ0) is 27.2. The number of halogens is 3. The molecule has 0 spiro atoms. The van der Waals surface area contributed by atoms with Gasteiger partial charge in [-0.1, -0.05) is 23.7 Å². The lowest BCUT2D eigenvalue weighted by atomic mass is 10.1. The van der Waals surface area contributed by atoms with Gasteiger partial charge >= 0.3 is 6.16 Å². The standard InChI is InChI=1S/C25H23ClF2N4O6/c1-15(34)32(30-11-17-3-2-4-22(28)24(17)26)20(9-21-13-36-25(35)38-21)12-37-31(14-33)23-8-18-7-19(27)6-5-16(18)10-29-23/h2-8,10,14,20-21,30H,9,11-13H2,1H3/t20-,21-/m1/s1. The highest BCUT2D eigenvalue weighted by molar-refractivity contribution is 6.31. The number of hydrogen-bond donors (Lipinski definition) is 1. The fraction of sp³-hybridized carbons (Fsp3) is 0.280. The van der Waals surface area contributed by atoms with Crippen LogP contribution in [-0.2, 0) is 30.4 Å². The van der Waals surface area contributed by atoms with Gasteiger partial charge in [0.2, 0.25) is 12.3 Å². The maximum absolute atomic E-state index is 13.9. The van der Waals surface area contributed by atoms with Gasteiger partial charge < -0.3 is 9.47 Å². The van der Waals surface area contributed by atoms with E-state index in [1.807, 2.05) is 0 Å². The largest absolute Gasteiger partial charge is 0.508 e. The summed E-state index contributed by atoms with van der Waals surface area (Å²) in [4.78, 5) is 45.7. The van der Waals surface area contributed by atoms with Crippen LogP contribution in [0.4, 0.5) is 19.4 Å². The van der Waals surface area contributed by atoms with E-state index in [4.69, 9.17) is 25.9 Å². The Hall–Kier alpha value is -3.87. The number of carbonyl (C=O) groups excluding carboxylic acids is 3. The Balaban J connectivity index is 1.53. The topological polar surface area (TPSA) is 110 Å². The first-order chi connectivity index (χ1) is 18.2. The number of ether oxygens (including phenoxy) is 2. The van der Waals surface area contributed by atoms with Gasteiger partial charge in [0, 0.05) is 31.5 Å². The van der Waals surface area contributed by atoms with Gasteiger partial charge in [-0.2, -0.15) is 5.06 Å². The summed E-state index contributed by atoms with van der Waals surface area (Å²) in [5, 5.41) is 3.12. The molecule has 0 saturated carbocycles. The van der Waals surface area contributed by atoms with E-state index in [9.17, 15) is 23.2 Å². The van der Waals surface area contributed by atoms with E-state index in [0.717, 1.165) is 5.06 Å². The molecule has 0 unspecified atom stereocenters. The zero-order valence-corrected chi connectivity index (χ0v) is 20.9. The number of cyclic esters (lactones) is 2. The molecule has 1 aliphatic rings. The van der Waals surface area contributed by atoms with Crippen LogP contribution in [0.5, 0.6) is 0 Å². The van der Waals surface area contributed by atoms with E-state index < -0.39 is 35.8 Å². The van der Waals surface area contributed by atoms with Crippen molar-refractivity contribution in [2.24, 2.45) is 0 Å². The van der Waals surface area contributed by atoms with Gasteiger partial charge in [0.1, 0.15) is 24.3 Å². The molecule has 38 heavy (non-hydrogen) atoms. The predicted molar refractivity (Wildman–Crippen MR) is 132 cm³/mol. The van der Waals surface area contributed by atoms with Crippen molar-refractivity contribution in [1.29, 1.82) is 0 Å². The molecule has 1 aliphatic heterocycles. The number of carbonyl (C=O) groups is 3. The molecule has 1 saturated heterocycles. The minimum absolute atomic E-state index is 0.0111. The van der Waals surface area contributed by atoms with Crippen LogP contribution in [-0.4, -0.2) is 53.8 Å². The summed E-state index contributed by atoms with van der Waals surface area (Å²) in [6.07, 6.45) is 0.386. The van der Waals surface area contributed by atoms with E-state index >= 15 is 0 Å². The number of benzene rings is 2. The minimum Gasteiger partial charge on any atom is -0.430 e. The lowest BCUT2D eigenvalue weighted by Crippen LogP contribution is -2.52. The Morgan fingerprint density at radius 1 is 1.29 bits per heavy atom. The van der Waals surface area contributed by atoms with Gasteiger partial charge in [0.05, 0.1) is 17.7 Å². The van der Waals surface area contributed by atoms with Gasteiger partial charge in [-0.25, -0.2) is 24.0 Å². The van der Waals surface area contributed by atoms with Gasteiger partial charge in [-0.15, -0.1) is 0 Å². The van der Waals surface area contributed by atoms with Crippen LogP contribution in [0, 0.1) is 11.6 Å². The number of hydrazine groups is 1. The number of pyridine rings is 1. The van der Waals surface area contributed by atoms with Crippen LogP contribution in [0.1, 0.15) is 18.9 Å². The summed E-state index contributed by atoms with van der Waals surface area (Å²) >= 11 is 6.04. The highest BCUT2D eigenvalue weighted by Gasteiger charge is 2.32. The molecule has 10 nitrogen and oxygen atoms in total. The molecule has 3 aromatic rings. The Bertz CT molecular complexity index is 1350. The van der Waals surface area contributed by atoms with Crippen LogP contribution in [0.2, 0.25) is 5.02 Å². The van der Waals surface area contributed by atoms with Crippen molar-refractivity contribution in [2.45, 2.75) is 32.0 Å². The number of amides is 2. The SMILES string of the molecule is CC(=O)N(NCc1cccc(F)c1Cl)[C@@H](CON(C=O)c1cc2cc(F)ccc2cn1)C[C@@H]1COC(=O)O1. The second-order valence-corrected chi connectivity index (χ2v) is 8.77. The molecule has 2 atom stereocenters. The molecule has 200 valence electrons. The van der Waals surface area contributed by atoms with Crippen molar-refractivity contribution in [3.05, 3.63) is 70.9 Å². The van der Waals surface area contributed by atoms with Crippen molar-refractivity contribution < 1.29 is 37.5 Å². The predicted octanol–water partition coefficient (Wildman–Crippen LogP) is 3.91. The maximum Gasteiger partial charge on any atom is 0.508 e. The van der Waals surface area contributed by atoms with Crippen LogP contribution < -0.4 is 10.5 Å². The van der Waals surface area contributed by atoms with Crippen LogP contribution in [0.3, 0.4) is 0 Å². The number of aromatic nitrogens is 1. The van der Waals surface area contributed by atoms with E-state index in [1.54, 1.807) is 12.1 Å². The molecule has 0 bridgehead atoms. The van der Waals surface area contributed by atoms with Crippen molar-refractivity contribution in [3.8, 4) is 0 Å². The molecular formula is C25H23ClF2N4O6. The van der Waals surface area contributed by atoms with Gasteiger partial charge in [-0.3, -0.25) is 19.4 Å². The summed E-state index contributed by atoms with van der Waals surface area (Å²) < 4.78 is 37.5. The lowest BCUT2D eigenvalue weighted by molar-refractivity contribution is -0.138. The second-order valence-electron chi connectivity index (χ2n) is 8.39. The fourth-order valence-corrected chi connectivity index (χ4v) is 4.12. The van der Waals surface area contributed by atoms with E-state index in [0.29, 0.717) is 22.7 Å². The Morgan fingerprint density at radius 2 is 2.11 bits per heavy atom. The summed E-state index contributed by atoms with van der Waals surface area (Å²) in [6.45, 7) is 0.995. The number of hydrogen-bond acceptors (Lipinski definition) is 8. The number of nitrogens with zero attached hydrogens (tertiary/aromatic N) is 3. The Kier molecular flexibility index (Phi) is 8.66. The van der Waals surface area contributed by atoms with E-state index in [-0.39, 0.29) is 37.0 Å². The number of fused-ring (bicyclic) bond motifs is 1. The van der Waals surface area contributed by atoms with Crippen molar-refractivity contribution in [3.63, 3.8) is 0 Å². The quantitative estimate of drug-likeness (QED) is 0.218. The highest BCUT2D eigenvalue weighted by Crippen LogP contribution is 2.23. The van der Waals surface area contributed by atoms with Gasteiger partial charge in [0.25, 0.3) is 0 Å². The molecule has 1 N–H and O–H groups in total. The third-order valence-electron chi connectivity index (χ3n) is 5.76. The molecule has 1 aromatic heterocycles.